The third-order valence-corrected chi connectivity index (χ3v) is 2.88. The van der Waals surface area contributed by atoms with Crippen LogP contribution in [0.4, 0.5) is 0 Å². The zero-order chi connectivity index (χ0) is 7.19. The molecule has 58 valence electrons. The lowest BCUT2D eigenvalue weighted by Gasteiger charge is -2.55. The first-order valence-corrected chi connectivity index (χ1v) is 3.96. The van der Waals surface area contributed by atoms with Crippen LogP contribution in [0.25, 0.3) is 0 Å². The summed E-state index contributed by atoms with van der Waals surface area (Å²) in [6.07, 6.45) is 2.72. The van der Waals surface area contributed by atoms with E-state index in [4.69, 9.17) is 4.74 Å². The fourth-order valence-corrected chi connectivity index (χ4v) is 1.93. The highest BCUT2D eigenvalue weighted by molar-refractivity contribution is 5.01. The van der Waals surface area contributed by atoms with Crippen LogP contribution in [0.5, 0.6) is 0 Å². The molecule has 0 aromatic heterocycles. The zero-order valence-electron chi connectivity index (χ0n) is 6.76. The van der Waals surface area contributed by atoms with E-state index in [-0.39, 0.29) is 0 Å². The van der Waals surface area contributed by atoms with E-state index in [1.807, 2.05) is 0 Å². The van der Waals surface area contributed by atoms with Crippen LogP contribution in [0.15, 0.2) is 0 Å². The highest BCUT2D eigenvalue weighted by atomic mass is 16.5. The first-order chi connectivity index (χ1) is 4.72. The molecule has 1 aliphatic carbocycles. The van der Waals surface area contributed by atoms with Crippen LogP contribution in [-0.4, -0.2) is 38.3 Å². The Hall–Kier alpha value is -0.0800. The summed E-state index contributed by atoms with van der Waals surface area (Å²) in [6.45, 7) is 2.05. The van der Waals surface area contributed by atoms with Gasteiger partial charge in [0.15, 0.2) is 0 Å². The third kappa shape index (κ3) is 0.789. The molecule has 1 aliphatic heterocycles. The van der Waals surface area contributed by atoms with Crippen LogP contribution in [0.1, 0.15) is 12.8 Å². The number of hydrogen-bond acceptors (Lipinski definition) is 2. The molecule has 2 fully saturated rings. The van der Waals surface area contributed by atoms with Gasteiger partial charge in [-0.2, -0.15) is 0 Å². The summed E-state index contributed by atoms with van der Waals surface area (Å²) in [5.41, 5.74) is 0.634. The Morgan fingerprint density at radius 2 is 1.90 bits per heavy atom. The molecule has 0 aromatic carbocycles. The molecule has 0 amide bonds. The third-order valence-electron chi connectivity index (χ3n) is 2.88. The van der Waals surface area contributed by atoms with Crippen LogP contribution < -0.4 is 0 Å². The van der Waals surface area contributed by atoms with Gasteiger partial charge in [0, 0.05) is 11.5 Å². The Morgan fingerprint density at radius 3 is 2.20 bits per heavy atom. The van der Waals surface area contributed by atoms with Crippen LogP contribution in [0.2, 0.25) is 0 Å². The minimum absolute atomic E-state index is 0.634. The van der Waals surface area contributed by atoms with E-state index in [9.17, 15) is 0 Å². The smallest absolute Gasteiger partial charge is 0.0545 e. The minimum Gasteiger partial charge on any atom is -0.380 e. The van der Waals surface area contributed by atoms with Gasteiger partial charge in [-0.05, 0) is 26.9 Å². The second-order valence-electron chi connectivity index (χ2n) is 4.02. The average Bonchev–Trinajstić information content (AvgIpc) is 1.54. The summed E-state index contributed by atoms with van der Waals surface area (Å²) >= 11 is 0. The second-order valence-corrected chi connectivity index (χ2v) is 4.02. The molecule has 0 N–H and O–H groups in total. The molecule has 0 bridgehead atoms. The summed E-state index contributed by atoms with van der Waals surface area (Å²) in [5.74, 6) is 0. The monoisotopic (exact) mass is 141 g/mol. The quantitative estimate of drug-likeness (QED) is 0.533. The average molecular weight is 141 g/mol. The van der Waals surface area contributed by atoms with Crippen molar-refractivity contribution in [3.8, 4) is 0 Å². The van der Waals surface area contributed by atoms with E-state index in [1.54, 1.807) is 0 Å². The zero-order valence-corrected chi connectivity index (χ0v) is 6.76. The van der Waals surface area contributed by atoms with Gasteiger partial charge in [-0.15, -0.1) is 0 Å². The van der Waals surface area contributed by atoms with Gasteiger partial charge < -0.3 is 9.64 Å². The van der Waals surface area contributed by atoms with E-state index in [0.29, 0.717) is 5.41 Å². The van der Waals surface area contributed by atoms with Gasteiger partial charge in [0.05, 0.1) is 13.2 Å². The van der Waals surface area contributed by atoms with Crippen LogP contribution in [0, 0.1) is 5.41 Å². The minimum atomic E-state index is 0.634. The molecule has 1 spiro atoms. The summed E-state index contributed by atoms with van der Waals surface area (Å²) in [7, 11) is 4.33. The van der Waals surface area contributed by atoms with Crippen LogP contribution >= 0.6 is 0 Å². The molecule has 2 nitrogen and oxygen atoms in total. The van der Waals surface area contributed by atoms with E-state index in [0.717, 1.165) is 19.3 Å². The Kier molecular flexibility index (Phi) is 1.29. The van der Waals surface area contributed by atoms with E-state index in [2.05, 4.69) is 19.0 Å². The molecule has 2 aliphatic rings. The summed E-state index contributed by atoms with van der Waals surface area (Å²) in [6, 6.07) is 0.837. The molecular formula is C8H15NO. The molecule has 0 radical (unpaired) electrons. The molecule has 0 aromatic rings. The Labute approximate surface area is 62.2 Å². The first kappa shape index (κ1) is 6.62. The first-order valence-electron chi connectivity index (χ1n) is 3.96. The Balaban J connectivity index is 1.82. The maximum Gasteiger partial charge on any atom is 0.0545 e. The van der Waals surface area contributed by atoms with Gasteiger partial charge in [-0.25, -0.2) is 0 Å². The second kappa shape index (κ2) is 1.95. The van der Waals surface area contributed by atoms with Gasteiger partial charge >= 0.3 is 0 Å². The fraction of sp³-hybridized carbons (Fsp3) is 1.00. The van der Waals surface area contributed by atoms with Crippen molar-refractivity contribution in [1.29, 1.82) is 0 Å². The van der Waals surface area contributed by atoms with Gasteiger partial charge in [-0.3, -0.25) is 0 Å². The van der Waals surface area contributed by atoms with Crippen molar-refractivity contribution in [3.05, 3.63) is 0 Å². The van der Waals surface area contributed by atoms with E-state index < -0.39 is 0 Å². The Morgan fingerprint density at radius 1 is 1.30 bits per heavy atom. The fourth-order valence-electron chi connectivity index (χ4n) is 1.93. The molecule has 2 rings (SSSR count). The molecule has 0 atom stereocenters. The van der Waals surface area contributed by atoms with Gasteiger partial charge in [0.25, 0.3) is 0 Å². The largest absolute Gasteiger partial charge is 0.380 e. The number of ether oxygens (including phenoxy) is 1. The predicted octanol–water partition coefficient (Wildman–Crippen LogP) is 0.727. The van der Waals surface area contributed by atoms with Gasteiger partial charge in [0.1, 0.15) is 0 Å². The highest BCUT2D eigenvalue weighted by Crippen LogP contribution is 2.48. The van der Waals surface area contributed by atoms with Crippen molar-refractivity contribution in [2.24, 2.45) is 5.41 Å². The molecule has 1 heterocycles. The van der Waals surface area contributed by atoms with Crippen molar-refractivity contribution in [1.82, 2.24) is 4.90 Å². The standard InChI is InChI=1S/C8H15NO/c1-9(2)7-3-8(4-7)5-10-6-8/h7H,3-6H2,1-2H3. The summed E-state index contributed by atoms with van der Waals surface area (Å²) < 4.78 is 5.19. The molecule has 1 saturated carbocycles. The SMILES string of the molecule is CN(C)C1CC2(COC2)C1. The normalized spacial score (nSPS) is 30.3. The lowest BCUT2D eigenvalue weighted by Crippen LogP contribution is -2.58. The van der Waals surface area contributed by atoms with Gasteiger partial charge in [-0.1, -0.05) is 0 Å². The molecule has 1 saturated heterocycles. The van der Waals surface area contributed by atoms with Crippen molar-refractivity contribution in [2.45, 2.75) is 18.9 Å². The lowest BCUT2D eigenvalue weighted by molar-refractivity contribution is -0.180. The highest BCUT2D eigenvalue weighted by Gasteiger charge is 2.50. The molecule has 2 heteroatoms. The lowest BCUT2D eigenvalue weighted by atomic mass is 9.64. The predicted molar refractivity (Wildman–Crippen MR) is 40.0 cm³/mol. The topological polar surface area (TPSA) is 12.5 Å². The number of rotatable bonds is 1. The van der Waals surface area contributed by atoms with Crippen molar-refractivity contribution < 1.29 is 4.74 Å². The summed E-state index contributed by atoms with van der Waals surface area (Å²) in [5, 5.41) is 0. The van der Waals surface area contributed by atoms with Crippen LogP contribution in [0.3, 0.4) is 0 Å². The molecular weight excluding hydrogens is 126 g/mol. The van der Waals surface area contributed by atoms with Crippen molar-refractivity contribution >= 4 is 0 Å². The maximum absolute atomic E-state index is 5.19. The van der Waals surface area contributed by atoms with E-state index >= 15 is 0 Å². The maximum atomic E-state index is 5.19. The summed E-state index contributed by atoms with van der Waals surface area (Å²) in [4.78, 5) is 2.32. The Bertz CT molecular complexity index is 132. The van der Waals surface area contributed by atoms with Crippen molar-refractivity contribution in [2.75, 3.05) is 27.3 Å². The van der Waals surface area contributed by atoms with E-state index in [1.165, 1.54) is 12.8 Å². The van der Waals surface area contributed by atoms with Crippen LogP contribution in [-0.2, 0) is 4.74 Å². The number of hydrogen-bond donors (Lipinski definition) is 0. The molecule has 0 unspecified atom stereocenters. The molecule has 10 heavy (non-hydrogen) atoms. The number of nitrogens with zero attached hydrogens (tertiary/aromatic N) is 1. The van der Waals surface area contributed by atoms with Gasteiger partial charge in [0.2, 0.25) is 0 Å². The van der Waals surface area contributed by atoms with Crippen molar-refractivity contribution in [3.63, 3.8) is 0 Å².